The van der Waals surface area contributed by atoms with Crippen molar-refractivity contribution in [2.24, 2.45) is 0 Å². The standard InChI is InChI=1S/C11H6Cl2N2OS/c1-2-3-16-11-15-14-10(17-11)7-4-8(12)6-9(13)5-7/h1,4-6H,3H2. The zero-order valence-corrected chi connectivity index (χ0v) is 10.8. The summed E-state index contributed by atoms with van der Waals surface area (Å²) in [4.78, 5) is 0. The van der Waals surface area contributed by atoms with E-state index in [1.807, 2.05) is 0 Å². The van der Waals surface area contributed by atoms with Gasteiger partial charge >= 0.3 is 0 Å². The molecule has 3 nitrogen and oxygen atoms in total. The molecule has 86 valence electrons. The van der Waals surface area contributed by atoms with Crippen LogP contribution in [0.25, 0.3) is 10.6 Å². The first kappa shape index (κ1) is 12.2. The van der Waals surface area contributed by atoms with Crippen molar-refractivity contribution in [3.8, 4) is 28.1 Å². The fourth-order valence-corrected chi connectivity index (χ4v) is 2.37. The molecule has 0 saturated heterocycles. The van der Waals surface area contributed by atoms with Crippen LogP contribution in [-0.2, 0) is 0 Å². The second kappa shape index (κ2) is 5.37. The molecule has 0 amide bonds. The van der Waals surface area contributed by atoms with Crippen molar-refractivity contribution in [2.45, 2.75) is 0 Å². The van der Waals surface area contributed by atoms with Gasteiger partial charge in [0.1, 0.15) is 0 Å². The molecule has 1 heterocycles. The van der Waals surface area contributed by atoms with Gasteiger partial charge in [-0.1, -0.05) is 45.6 Å². The predicted octanol–water partition coefficient (Wildman–Crippen LogP) is 3.52. The Bertz CT molecular complexity index is 557. The first-order valence-corrected chi connectivity index (χ1v) is 6.12. The highest BCUT2D eigenvalue weighted by atomic mass is 35.5. The summed E-state index contributed by atoms with van der Waals surface area (Å²) in [6.45, 7) is 0.172. The molecule has 0 aliphatic heterocycles. The van der Waals surface area contributed by atoms with E-state index in [-0.39, 0.29) is 6.61 Å². The van der Waals surface area contributed by atoms with E-state index in [9.17, 15) is 0 Å². The third-order valence-electron chi connectivity index (χ3n) is 1.79. The molecule has 2 aromatic rings. The Labute approximate surface area is 112 Å². The van der Waals surface area contributed by atoms with Crippen molar-refractivity contribution in [1.82, 2.24) is 10.2 Å². The van der Waals surface area contributed by atoms with Gasteiger partial charge in [0.05, 0.1) is 0 Å². The molecule has 0 N–H and O–H groups in total. The summed E-state index contributed by atoms with van der Waals surface area (Å²) in [5.74, 6) is 2.36. The quantitative estimate of drug-likeness (QED) is 0.809. The summed E-state index contributed by atoms with van der Waals surface area (Å²) in [6, 6.07) is 5.18. The van der Waals surface area contributed by atoms with E-state index in [2.05, 4.69) is 16.1 Å². The lowest BCUT2D eigenvalue weighted by Gasteiger charge is -1.97. The second-order valence-electron chi connectivity index (χ2n) is 3.02. The molecular weight excluding hydrogens is 279 g/mol. The molecule has 1 aromatic carbocycles. The van der Waals surface area contributed by atoms with Crippen molar-refractivity contribution in [2.75, 3.05) is 6.61 Å². The number of aromatic nitrogens is 2. The minimum absolute atomic E-state index is 0.172. The summed E-state index contributed by atoms with van der Waals surface area (Å²) in [5, 5.41) is 10.0. The average Bonchev–Trinajstić information content (AvgIpc) is 2.73. The first-order valence-electron chi connectivity index (χ1n) is 4.55. The Balaban J connectivity index is 2.27. The first-order chi connectivity index (χ1) is 8.19. The Morgan fingerprint density at radius 1 is 1.24 bits per heavy atom. The van der Waals surface area contributed by atoms with E-state index in [1.54, 1.807) is 18.2 Å². The molecule has 0 radical (unpaired) electrons. The van der Waals surface area contributed by atoms with E-state index in [1.165, 1.54) is 11.3 Å². The zero-order chi connectivity index (χ0) is 12.3. The average molecular weight is 285 g/mol. The van der Waals surface area contributed by atoms with Gasteiger partial charge in [0.25, 0.3) is 5.19 Å². The predicted molar refractivity (Wildman–Crippen MR) is 69.7 cm³/mol. The molecule has 0 aliphatic rings. The maximum absolute atomic E-state index is 5.90. The molecule has 17 heavy (non-hydrogen) atoms. The molecule has 0 bridgehead atoms. The van der Waals surface area contributed by atoms with Crippen LogP contribution in [-0.4, -0.2) is 16.8 Å². The lowest BCUT2D eigenvalue weighted by molar-refractivity contribution is 0.364. The zero-order valence-electron chi connectivity index (χ0n) is 8.48. The summed E-state index contributed by atoms with van der Waals surface area (Å²) < 4.78 is 5.16. The van der Waals surface area contributed by atoms with Gasteiger partial charge in [-0.2, -0.15) is 0 Å². The van der Waals surface area contributed by atoms with Crippen LogP contribution in [0.4, 0.5) is 0 Å². The monoisotopic (exact) mass is 284 g/mol. The van der Waals surface area contributed by atoms with Crippen molar-refractivity contribution in [3.05, 3.63) is 28.2 Å². The van der Waals surface area contributed by atoms with Crippen LogP contribution in [0, 0.1) is 12.3 Å². The fourth-order valence-electron chi connectivity index (χ4n) is 1.17. The molecule has 2 rings (SSSR count). The van der Waals surface area contributed by atoms with Crippen LogP contribution in [0.3, 0.4) is 0 Å². The highest BCUT2D eigenvalue weighted by Gasteiger charge is 2.08. The molecule has 0 saturated carbocycles. The molecule has 6 heteroatoms. The molecule has 0 aliphatic carbocycles. The summed E-state index contributed by atoms with van der Waals surface area (Å²) in [7, 11) is 0. The highest BCUT2D eigenvalue weighted by Crippen LogP contribution is 2.31. The van der Waals surface area contributed by atoms with Crippen LogP contribution < -0.4 is 4.74 Å². The van der Waals surface area contributed by atoms with Gasteiger partial charge in [0, 0.05) is 15.6 Å². The van der Waals surface area contributed by atoms with Gasteiger partial charge in [0.2, 0.25) is 0 Å². The van der Waals surface area contributed by atoms with E-state index >= 15 is 0 Å². The van der Waals surface area contributed by atoms with Crippen LogP contribution in [0.1, 0.15) is 0 Å². The number of hydrogen-bond acceptors (Lipinski definition) is 4. The SMILES string of the molecule is C#CCOc1nnc(-c2cc(Cl)cc(Cl)c2)s1. The molecule has 0 unspecified atom stereocenters. The van der Waals surface area contributed by atoms with Crippen LogP contribution in [0.5, 0.6) is 5.19 Å². The van der Waals surface area contributed by atoms with Crippen LogP contribution in [0.15, 0.2) is 18.2 Å². The number of rotatable bonds is 3. The normalized spacial score (nSPS) is 9.94. The van der Waals surface area contributed by atoms with Gasteiger partial charge in [-0.25, -0.2) is 0 Å². The number of halogens is 2. The second-order valence-corrected chi connectivity index (χ2v) is 4.84. The Morgan fingerprint density at radius 3 is 2.59 bits per heavy atom. The lowest BCUT2D eigenvalue weighted by atomic mass is 10.2. The number of benzene rings is 1. The lowest BCUT2D eigenvalue weighted by Crippen LogP contribution is -1.91. The van der Waals surface area contributed by atoms with Crippen molar-refractivity contribution < 1.29 is 4.74 Å². The van der Waals surface area contributed by atoms with Crippen molar-refractivity contribution in [3.63, 3.8) is 0 Å². The van der Waals surface area contributed by atoms with Gasteiger partial charge in [-0.15, -0.1) is 11.5 Å². The number of nitrogens with zero attached hydrogens (tertiary/aromatic N) is 2. The Morgan fingerprint density at radius 2 is 1.94 bits per heavy atom. The summed E-state index contributed by atoms with van der Waals surface area (Å²) in [6.07, 6.45) is 5.08. The van der Waals surface area contributed by atoms with Crippen LogP contribution in [0.2, 0.25) is 10.0 Å². The van der Waals surface area contributed by atoms with Gasteiger partial charge in [0.15, 0.2) is 11.6 Å². The van der Waals surface area contributed by atoms with Crippen LogP contribution >= 0.6 is 34.5 Å². The minimum Gasteiger partial charge on any atom is -0.456 e. The number of hydrogen-bond donors (Lipinski definition) is 0. The molecule has 0 atom stereocenters. The van der Waals surface area contributed by atoms with Gasteiger partial charge in [-0.05, 0) is 18.2 Å². The molecular formula is C11H6Cl2N2OS. The maximum atomic E-state index is 5.90. The van der Waals surface area contributed by atoms with Crippen molar-refractivity contribution >= 4 is 34.5 Å². The summed E-state index contributed by atoms with van der Waals surface area (Å²) >= 11 is 13.1. The van der Waals surface area contributed by atoms with Gasteiger partial charge < -0.3 is 4.74 Å². The smallest absolute Gasteiger partial charge is 0.295 e. The number of ether oxygens (including phenoxy) is 1. The molecule has 0 fully saturated rings. The van der Waals surface area contributed by atoms with E-state index in [4.69, 9.17) is 34.4 Å². The van der Waals surface area contributed by atoms with Crippen molar-refractivity contribution in [1.29, 1.82) is 0 Å². The highest BCUT2D eigenvalue weighted by molar-refractivity contribution is 7.16. The third-order valence-corrected chi connectivity index (χ3v) is 3.12. The Hall–Kier alpha value is -1.28. The van der Waals surface area contributed by atoms with Gasteiger partial charge in [-0.3, -0.25) is 0 Å². The number of terminal acetylenes is 1. The van der Waals surface area contributed by atoms with E-state index in [0.29, 0.717) is 20.2 Å². The Kier molecular flexibility index (Phi) is 3.85. The van der Waals surface area contributed by atoms with E-state index < -0.39 is 0 Å². The topological polar surface area (TPSA) is 35.0 Å². The molecule has 0 spiro atoms. The fraction of sp³-hybridized carbons (Fsp3) is 0.0909. The maximum Gasteiger partial charge on any atom is 0.295 e. The minimum atomic E-state index is 0.172. The summed E-state index contributed by atoms with van der Waals surface area (Å²) in [5.41, 5.74) is 0.801. The third kappa shape index (κ3) is 3.10. The van der Waals surface area contributed by atoms with E-state index in [0.717, 1.165) is 5.56 Å². The largest absolute Gasteiger partial charge is 0.456 e. The molecule has 1 aromatic heterocycles.